The van der Waals surface area contributed by atoms with Gasteiger partial charge in [-0.15, -0.1) is 0 Å². The fourth-order valence-corrected chi connectivity index (χ4v) is 2.92. The Balaban J connectivity index is 1.89. The molecule has 0 bridgehead atoms. The van der Waals surface area contributed by atoms with Crippen LogP contribution >= 0.6 is 12.2 Å². The fraction of sp³-hybridized carbons (Fsp3) is 0.429. The number of aliphatic hydroxyl groups excluding tert-OH is 1. The van der Waals surface area contributed by atoms with Gasteiger partial charge in [0.15, 0.2) is 10.6 Å². The highest BCUT2D eigenvalue weighted by atomic mass is 32.1. The molecule has 0 atom stereocenters. The number of anilines is 1. The smallest absolute Gasteiger partial charge is 0.199 e. The third-order valence-electron chi connectivity index (χ3n) is 3.71. The normalized spacial score (nSPS) is 15.6. The average molecular weight is 290 g/mol. The maximum atomic E-state index is 9.29. The van der Waals surface area contributed by atoms with E-state index >= 15 is 0 Å². The zero-order valence-electron chi connectivity index (χ0n) is 11.2. The van der Waals surface area contributed by atoms with Crippen LogP contribution in [0.4, 0.5) is 5.69 Å². The van der Waals surface area contributed by atoms with Crippen molar-refractivity contribution in [2.24, 2.45) is 0 Å². The number of piperidine rings is 1. The number of aromatic amines is 1. The highest BCUT2D eigenvalue weighted by molar-refractivity contribution is 7.71. The summed E-state index contributed by atoms with van der Waals surface area (Å²) in [5.41, 5.74) is 2.17. The van der Waals surface area contributed by atoms with Crippen molar-refractivity contribution in [3.05, 3.63) is 34.9 Å². The van der Waals surface area contributed by atoms with Gasteiger partial charge in [-0.05, 0) is 55.7 Å². The monoisotopic (exact) mass is 290 g/mol. The number of rotatable bonds is 3. The molecular formula is C14H18N4OS. The molecule has 20 heavy (non-hydrogen) atoms. The lowest BCUT2D eigenvalue weighted by molar-refractivity contribution is 0.269. The lowest BCUT2D eigenvalue weighted by atomic mass is 10.1. The van der Waals surface area contributed by atoms with E-state index in [-0.39, 0.29) is 6.61 Å². The van der Waals surface area contributed by atoms with Crippen molar-refractivity contribution in [2.75, 3.05) is 18.0 Å². The van der Waals surface area contributed by atoms with Crippen LogP contribution in [0.25, 0.3) is 5.69 Å². The van der Waals surface area contributed by atoms with Crippen LogP contribution in [-0.2, 0) is 6.61 Å². The Labute approximate surface area is 122 Å². The molecule has 1 fully saturated rings. The van der Waals surface area contributed by atoms with Gasteiger partial charge in [0.25, 0.3) is 0 Å². The van der Waals surface area contributed by atoms with E-state index in [1.54, 1.807) is 4.57 Å². The van der Waals surface area contributed by atoms with Crippen LogP contribution in [-0.4, -0.2) is 33.0 Å². The van der Waals surface area contributed by atoms with Crippen molar-refractivity contribution < 1.29 is 5.11 Å². The van der Waals surface area contributed by atoms with Crippen molar-refractivity contribution in [3.8, 4) is 5.69 Å². The Kier molecular flexibility index (Phi) is 3.84. The maximum Gasteiger partial charge on any atom is 0.199 e. The molecule has 0 aliphatic carbocycles. The lowest BCUT2D eigenvalue weighted by Gasteiger charge is -2.28. The van der Waals surface area contributed by atoms with Crippen molar-refractivity contribution in [3.63, 3.8) is 0 Å². The second-order valence-corrected chi connectivity index (χ2v) is 5.39. The summed E-state index contributed by atoms with van der Waals surface area (Å²) >= 11 is 5.20. The number of hydrogen-bond acceptors (Lipinski definition) is 4. The van der Waals surface area contributed by atoms with Gasteiger partial charge in [0, 0.05) is 24.5 Å². The molecule has 1 saturated heterocycles. The molecule has 3 rings (SSSR count). The van der Waals surface area contributed by atoms with Gasteiger partial charge in [-0.25, -0.2) is 0 Å². The molecule has 106 valence electrons. The molecule has 1 aromatic heterocycles. The molecule has 2 heterocycles. The van der Waals surface area contributed by atoms with Gasteiger partial charge in [0.05, 0.1) is 0 Å². The number of nitrogens with zero attached hydrogens (tertiary/aromatic N) is 3. The quantitative estimate of drug-likeness (QED) is 0.852. The van der Waals surface area contributed by atoms with Crippen LogP contribution in [0, 0.1) is 4.77 Å². The third kappa shape index (κ3) is 2.48. The summed E-state index contributed by atoms with van der Waals surface area (Å²) in [5.74, 6) is 0.528. The average Bonchev–Trinajstić information content (AvgIpc) is 2.89. The summed E-state index contributed by atoms with van der Waals surface area (Å²) in [5, 5.41) is 16.0. The molecular weight excluding hydrogens is 272 g/mol. The van der Waals surface area contributed by atoms with Gasteiger partial charge in [0.2, 0.25) is 0 Å². The van der Waals surface area contributed by atoms with Crippen molar-refractivity contribution in [1.29, 1.82) is 0 Å². The van der Waals surface area contributed by atoms with Gasteiger partial charge >= 0.3 is 0 Å². The summed E-state index contributed by atoms with van der Waals surface area (Å²) in [4.78, 5) is 2.41. The fourth-order valence-electron chi connectivity index (χ4n) is 2.67. The van der Waals surface area contributed by atoms with E-state index in [4.69, 9.17) is 12.2 Å². The van der Waals surface area contributed by atoms with Gasteiger partial charge in [-0.3, -0.25) is 9.67 Å². The molecule has 0 amide bonds. The van der Waals surface area contributed by atoms with E-state index in [0.29, 0.717) is 10.6 Å². The Morgan fingerprint density at radius 2 is 1.75 bits per heavy atom. The van der Waals surface area contributed by atoms with Gasteiger partial charge < -0.3 is 10.0 Å². The summed E-state index contributed by atoms with van der Waals surface area (Å²) < 4.78 is 2.26. The lowest BCUT2D eigenvalue weighted by Crippen LogP contribution is -2.29. The molecule has 6 heteroatoms. The van der Waals surface area contributed by atoms with E-state index in [2.05, 4.69) is 27.2 Å². The minimum Gasteiger partial charge on any atom is -0.388 e. The first-order valence-electron chi connectivity index (χ1n) is 6.92. The topological polar surface area (TPSA) is 57.1 Å². The first-order chi connectivity index (χ1) is 9.79. The first-order valence-corrected chi connectivity index (χ1v) is 7.33. The Hall–Kier alpha value is -1.66. The third-order valence-corrected chi connectivity index (χ3v) is 3.99. The van der Waals surface area contributed by atoms with E-state index in [1.807, 2.05) is 12.1 Å². The summed E-state index contributed by atoms with van der Waals surface area (Å²) in [6, 6.07) is 8.26. The predicted molar refractivity (Wildman–Crippen MR) is 80.7 cm³/mol. The minimum absolute atomic E-state index is 0.138. The zero-order valence-corrected chi connectivity index (χ0v) is 12.1. The number of hydrogen-bond donors (Lipinski definition) is 2. The largest absolute Gasteiger partial charge is 0.388 e. The Morgan fingerprint density at radius 3 is 2.40 bits per heavy atom. The molecule has 2 aromatic rings. The second-order valence-electron chi connectivity index (χ2n) is 5.00. The zero-order chi connectivity index (χ0) is 13.9. The molecule has 0 spiro atoms. The number of nitrogens with one attached hydrogen (secondary N) is 1. The van der Waals surface area contributed by atoms with Crippen molar-refractivity contribution in [1.82, 2.24) is 14.8 Å². The number of benzene rings is 1. The highest BCUT2D eigenvalue weighted by Crippen LogP contribution is 2.22. The van der Waals surface area contributed by atoms with Gasteiger partial charge in [-0.2, -0.15) is 5.10 Å². The van der Waals surface area contributed by atoms with Crippen LogP contribution in [0.5, 0.6) is 0 Å². The molecule has 1 aliphatic heterocycles. The van der Waals surface area contributed by atoms with Crippen LogP contribution < -0.4 is 4.90 Å². The number of H-pyrrole nitrogens is 1. The van der Waals surface area contributed by atoms with Crippen LogP contribution in [0.15, 0.2) is 24.3 Å². The standard InChI is InChI=1S/C14H18N4OS/c19-10-13-15-16-14(20)18(13)12-6-4-11(5-7-12)17-8-2-1-3-9-17/h4-7,19H,1-3,8-10H2,(H,16,20). The number of aromatic nitrogens is 3. The van der Waals surface area contributed by atoms with Crippen LogP contribution in [0.3, 0.4) is 0 Å². The molecule has 0 saturated carbocycles. The Morgan fingerprint density at radius 1 is 1.10 bits per heavy atom. The minimum atomic E-state index is -0.138. The van der Waals surface area contributed by atoms with Gasteiger partial charge in [-0.1, -0.05) is 0 Å². The summed E-state index contributed by atoms with van der Waals surface area (Å²) in [6.45, 7) is 2.12. The van der Waals surface area contributed by atoms with E-state index < -0.39 is 0 Å². The molecule has 0 unspecified atom stereocenters. The molecule has 2 N–H and O–H groups in total. The van der Waals surface area contributed by atoms with Crippen molar-refractivity contribution in [2.45, 2.75) is 25.9 Å². The molecule has 5 nitrogen and oxygen atoms in total. The maximum absolute atomic E-state index is 9.29. The van der Waals surface area contributed by atoms with E-state index in [9.17, 15) is 5.11 Å². The van der Waals surface area contributed by atoms with Crippen molar-refractivity contribution >= 4 is 17.9 Å². The predicted octanol–water partition coefficient (Wildman–Crippen LogP) is 2.41. The van der Waals surface area contributed by atoms with Crippen LogP contribution in [0.1, 0.15) is 25.1 Å². The Bertz CT molecular complexity index is 625. The molecule has 1 aliphatic rings. The van der Waals surface area contributed by atoms with Crippen LogP contribution in [0.2, 0.25) is 0 Å². The summed E-state index contributed by atoms with van der Waals surface area (Å²) in [6.07, 6.45) is 3.87. The SMILES string of the molecule is OCc1n[nH]c(=S)n1-c1ccc(N2CCCCC2)cc1. The van der Waals surface area contributed by atoms with E-state index in [0.717, 1.165) is 18.8 Å². The van der Waals surface area contributed by atoms with E-state index in [1.165, 1.54) is 24.9 Å². The molecule has 0 radical (unpaired) electrons. The number of aliphatic hydroxyl groups is 1. The first kappa shape index (κ1) is 13.3. The van der Waals surface area contributed by atoms with Gasteiger partial charge in [0.1, 0.15) is 6.61 Å². The summed E-state index contributed by atoms with van der Waals surface area (Å²) in [7, 11) is 0. The highest BCUT2D eigenvalue weighted by Gasteiger charge is 2.12. The second kappa shape index (κ2) is 5.76. The molecule has 1 aromatic carbocycles.